The van der Waals surface area contributed by atoms with E-state index in [0.29, 0.717) is 6.04 Å². The van der Waals surface area contributed by atoms with E-state index in [0.717, 1.165) is 5.52 Å². The highest BCUT2D eigenvalue weighted by atomic mass is 15.1. The number of rotatable bonds is 1. The van der Waals surface area contributed by atoms with Crippen LogP contribution in [-0.2, 0) is 0 Å². The van der Waals surface area contributed by atoms with Crippen molar-refractivity contribution < 1.29 is 0 Å². The minimum absolute atomic E-state index is 0.567. The zero-order valence-electron chi connectivity index (χ0n) is 9.56. The van der Waals surface area contributed by atoms with Crippen LogP contribution >= 0.6 is 0 Å². The summed E-state index contributed by atoms with van der Waals surface area (Å²) in [5, 5.41) is 1.25. The van der Waals surface area contributed by atoms with Crippen molar-refractivity contribution in [2.45, 2.75) is 18.9 Å². The quantitative estimate of drug-likeness (QED) is 0.722. The third-order valence-corrected chi connectivity index (χ3v) is 3.52. The molecular formula is C14H16N2. The monoisotopic (exact) mass is 212 g/mol. The molecule has 1 saturated heterocycles. The molecule has 0 amide bonds. The van der Waals surface area contributed by atoms with Crippen molar-refractivity contribution in [3.63, 3.8) is 0 Å². The minimum Gasteiger partial charge on any atom is -0.299 e. The van der Waals surface area contributed by atoms with Gasteiger partial charge in [-0.2, -0.15) is 0 Å². The maximum absolute atomic E-state index is 4.53. The average Bonchev–Trinajstić information content (AvgIpc) is 2.75. The molecule has 3 rings (SSSR count). The molecule has 0 aliphatic carbocycles. The van der Waals surface area contributed by atoms with Gasteiger partial charge in [-0.05, 0) is 44.1 Å². The van der Waals surface area contributed by atoms with Crippen molar-refractivity contribution in [3.8, 4) is 0 Å². The van der Waals surface area contributed by atoms with Crippen molar-refractivity contribution in [2.75, 3.05) is 13.6 Å². The van der Waals surface area contributed by atoms with E-state index in [2.05, 4.69) is 41.2 Å². The first-order valence-electron chi connectivity index (χ1n) is 5.89. The van der Waals surface area contributed by atoms with E-state index in [-0.39, 0.29) is 0 Å². The molecule has 1 aliphatic heterocycles. The van der Waals surface area contributed by atoms with Crippen LogP contribution in [0.25, 0.3) is 10.9 Å². The van der Waals surface area contributed by atoms with Crippen LogP contribution in [0.4, 0.5) is 0 Å². The van der Waals surface area contributed by atoms with E-state index in [1.165, 1.54) is 30.3 Å². The van der Waals surface area contributed by atoms with E-state index in [4.69, 9.17) is 0 Å². The molecule has 1 aromatic heterocycles. The summed E-state index contributed by atoms with van der Waals surface area (Å²) >= 11 is 0. The molecule has 0 bridgehead atoms. The molecule has 2 nitrogen and oxygen atoms in total. The van der Waals surface area contributed by atoms with Crippen molar-refractivity contribution in [3.05, 3.63) is 42.1 Å². The Bertz CT molecular complexity index is 507. The smallest absolute Gasteiger partial charge is 0.0702 e. The van der Waals surface area contributed by atoms with Gasteiger partial charge in [-0.3, -0.25) is 9.88 Å². The fraction of sp³-hybridized carbons (Fsp3) is 0.357. The van der Waals surface area contributed by atoms with Crippen LogP contribution in [0.2, 0.25) is 0 Å². The summed E-state index contributed by atoms with van der Waals surface area (Å²) in [6, 6.07) is 11.2. The fourth-order valence-corrected chi connectivity index (χ4v) is 2.60. The Balaban J connectivity index is 2.04. The highest BCUT2D eigenvalue weighted by Crippen LogP contribution is 2.30. The van der Waals surface area contributed by atoms with Crippen LogP contribution in [0.5, 0.6) is 0 Å². The molecule has 16 heavy (non-hydrogen) atoms. The second-order valence-corrected chi connectivity index (χ2v) is 4.60. The Hall–Kier alpha value is -1.41. The highest BCUT2D eigenvalue weighted by Gasteiger charge is 2.22. The summed E-state index contributed by atoms with van der Waals surface area (Å²) in [5.41, 5.74) is 2.45. The molecule has 1 atom stereocenters. The molecule has 2 heterocycles. The summed E-state index contributed by atoms with van der Waals surface area (Å²) < 4.78 is 0. The van der Waals surface area contributed by atoms with E-state index in [1.807, 2.05) is 12.3 Å². The van der Waals surface area contributed by atoms with Gasteiger partial charge in [0, 0.05) is 17.6 Å². The SMILES string of the molecule is CN1CCC[C@@H]1c1cnc2ccccc2c1. The van der Waals surface area contributed by atoms with Gasteiger partial charge in [-0.15, -0.1) is 0 Å². The summed E-state index contributed by atoms with van der Waals surface area (Å²) in [6.07, 6.45) is 4.60. The molecule has 1 fully saturated rings. The average molecular weight is 212 g/mol. The lowest BCUT2D eigenvalue weighted by Gasteiger charge is -2.19. The fourth-order valence-electron chi connectivity index (χ4n) is 2.60. The van der Waals surface area contributed by atoms with Crippen LogP contribution in [0, 0.1) is 0 Å². The summed E-state index contributed by atoms with van der Waals surface area (Å²) in [6.45, 7) is 1.21. The number of hydrogen-bond acceptors (Lipinski definition) is 2. The van der Waals surface area contributed by atoms with Gasteiger partial charge in [0.15, 0.2) is 0 Å². The van der Waals surface area contributed by atoms with Crippen molar-refractivity contribution in [1.29, 1.82) is 0 Å². The number of benzene rings is 1. The van der Waals surface area contributed by atoms with Gasteiger partial charge in [0.2, 0.25) is 0 Å². The first kappa shape index (κ1) is 9.79. The van der Waals surface area contributed by atoms with E-state index >= 15 is 0 Å². The number of fused-ring (bicyclic) bond motifs is 1. The molecule has 82 valence electrons. The Morgan fingerprint density at radius 3 is 3.00 bits per heavy atom. The Morgan fingerprint density at radius 2 is 2.19 bits per heavy atom. The van der Waals surface area contributed by atoms with E-state index < -0.39 is 0 Å². The Kier molecular flexibility index (Phi) is 2.37. The zero-order valence-corrected chi connectivity index (χ0v) is 9.56. The number of pyridine rings is 1. The van der Waals surface area contributed by atoms with E-state index in [9.17, 15) is 0 Å². The normalized spacial score (nSPS) is 21.7. The van der Waals surface area contributed by atoms with Crippen LogP contribution in [-0.4, -0.2) is 23.5 Å². The van der Waals surface area contributed by atoms with Gasteiger partial charge < -0.3 is 0 Å². The molecule has 0 unspecified atom stereocenters. The second-order valence-electron chi connectivity index (χ2n) is 4.60. The Labute approximate surface area is 95.9 Å². The number of likely N-dealkylation sites (tertiary alicyclic amines) is 1. The van der Waals surface area contributed by atoms with Gasteiger partial charge in [0.25, 0.3) is 0 Å². The lowest BCUT2D eigenvalue weighted by Crippen LogP contribution is -2.17. The Morgan fingerprint density at radius 1 is 1.31 bits per heavy atom. The van der Waals surface area contributed by atoms with Gasteiger partial charge in [-0.25, -0.2) is 0 Å². The lowest BCUT2D eigenvalue weighted by atomic mass is 10.0. The predicted octanol–water partition coefficient (Wildman–Crippen LogP) is 3.00. The maximum atomic E-state index is 4.53. The predicted molar refractivity (Wildman–Crippen MR) is 66.3 cm³/mol. The first-order chi connectivity index (χ1) is 7.84. The van der Waals surface area contributed by atoms with E-state index in [1.54, 1.807) is 0 Å². The summed E-state index contributed by atoms with van der Waals surface area (Å²) in [5.74, 6) is 0. The lowest BCUT2D eigenvalue weighted by molar-refractivity contribution is 0.317. The maximum Gasteiger partial charge on any atom is 0.0702 e. The molecule has 1 aliphatic rings. The number of para-hydroxylation sites is 1. The zero-order chi connectivity index (χ0) is 11.0. The van der Waals surface area contributed by atoms with Crippen molar-refractivity contribution >= 4 is 10.9 Å². The van der Waals surface area contributed by atoms with Crippen LogP contribution in [0.1, 0.15) is 24.4 Å². The largest absolute Gasteiger partial charge is 0.299 e. The standard InChI is InChI=1S/C14H16N2/c1-16-8-4-7-14(16)12-9-11-5-2-3-6-13(11)15-10-12/h2-3,5-6,9-10,14H,4,7-8H2,1H3/t14-/m1/s1. The van der Waals surface area contributed by atoms with Gasteiger partial charge in [0.05, 0.1) is 5.52 Å². The molecule has 0 N–H and O–H groups in total. The van der Waals surface area contributed by atoms with Crippen LogP contribution in [0.15, 0.2) is 36.5 Å². The van der Waals surface area contributed by atoms with Crippen molar-refractivity contribution in [2.24, 2.45) is 0 Å². The van der Waals surface area contributed by atoms with Gasteiger partial charge >= 0.3 is 0 Å². The molecule has 1 aromatic carbocycles. The molecule has 2 heteroatoms. The minimum atomic E-state index is 0.567. The summed E-state index contributed by atoms with van der Waals surface area (Å²) in [4.78, 5) is 6.96. The number of nitrogens with zero attached hydrogens (tertiary/aromatic N) is 2. The van der Waals surface area contributed by atoms with Gasteiger partial charge in [-0.1, -0.05) is 18.2 Å². The number of hydrogen-bond donors (Lipinski definition) is 0. The first-order valence-corrected chi connectivity index (χ1v) is 5.89. The topological polar surface area (TPSA) is 16.1 Å². The molecule has 0 radical (unpaired) electrons. The van der Waals surface area contributed by atoms with Crippen molar-refractivity contribution in [1.82, 2.24) is 9.88 Å². The third-order valence-electron chi connectivity index (χ3n) is 3.52. The second kappa shape index (κ2) is 3.87. The molecule has 2 aromatic rings. The summed E-state index contributed by atoms with van der Waals surface area (Å²) in [7, 11) is 2.20. The number of aromatic nitrogens is 1. The molecule has 0 saturated carbocycles. The molecular weight excluding hydrogens is 196 g/mol. The van der Waals surface area contributed by atoms with Gasteiger partial charge in [0.1, 0.15) is 0 Å². The van der Waals surface area contributed by atoms with Crippen LogP contribution < -0.4 is 0 Å². The highest BCUT2D eigenvalue weighted by molar-refractivity contribution is 5.78. The molecule has 0 spiro atoms. The van der Waals surface area contributed by atoms with Crippen LogP contribution in [0.3, 0.4) is 0 Å². The third kappa shape index (κ3) is 1.59.